The predicted molar refractivity (Wildman–Crippen MR) is 74.5 cm³/mol. The summed E-state index contributed by atoms with van der Waals surface area (Å²) in [6.45, 7) is 10.2. The number of ether oxygens (including phenoxy) is 1. The normalized spacial score (nSPS) is 39.2. The SMILES string of the molecule is CCOC(=O)/C=C/C12CC[C@@](C)([C@@H]1C[O][Tl])C2(C)C. The van der Waals surface area contributed by atoms with Gasteiger partial charge in [-0.2, -0.15) is 0 Å². The Morgan fingerprint density at radius 3 is 2.58 bits per heavy atom. The molecule has 1 unspecified atom stereocenters. The number of carbonyl (C=O) groups is 1. The number of hydrogen-bond donors (Lipinski definition) is 0. The van der Waals surface area contributed by atoms with E-state index in [0.717, 1.165) is 13.0 Å². The van der Waals surface area contributed by atoms with E-state index in [4.69, 9.17) is 7.42 Å². The van der Waals surface area contributed by atoms with Crippen molar-refractivity contribution in [2.24, 2.45) is 22.2 Å². The van der Waals surface area contributed by atoms with Gasteiger partial charge in [0, 0.05) is 0 Å². The van der Waals surface area contributed by atoms with Crippen molar-refractivity contribution in [3.63, 3.8) is 0 Å². The van der Waals surface area contributed by atoms with Crippen LogP contribution in [0.5, 0.6) is 0 Å². The summed E-state index contributed by atoms with van der Waals surface area (Å²) in [6.07, 6.45) is 6.14. The number of fused-ring (bicyclic) bond motifs is 1. The Hall–Kier alpha value is 0.0921. The van der Waals surface area contributed by atoms with Gasteiger partial charge in [0.2, 0.25) is 0 Å². The van der Waals surface area contributed by atoms with Crippen LogP contribution in [0.25, 0.3) is 0 Å². The van der Waals surface area contributed by atoms with Crippen molar-refractivity contribution in [2.75, 3.05) is 13.2 Å². The molecule has 0 aromatic rings. The molecule has 2 bridgehead atoms. The summed E-state index contributed by atoms with van der Waals surface area (Å²) < 4.78 is 10.6. The molecular formula is C15H23O3Tl. The predicted octanol–water partition coefficient (Wildman–Crippen LogP) is 2.65. The molecule has 3 aliphatic carbocycles. The third kappa shape index (κ3) is 1.94. The van der Waals surface area contributed by atoms with Crippen LogP contribution in [0.2, 0.25) is 0 Å². The van der Waals surface area contributed by atoms with Gasteiger partial charge in [0.15, 0.2) is 0 Å². The molecule has 4 heteroatoms. The molecule has 3 aliphatic rings. The summed E-state index contributed by atoms with van der Waals surface area (Å²) in [5, 5.41) is 0. The van der Waals surface area contributed by atoms with Crippen LogP contribution in [-0.4, -0.2) is 45.4 Å². The van der Waals surface area contributed by atoms with Crippen LogP contribution in [0.4, 0.5) is 0 Å². The summed E-state index contributed by atoms with van der Waals surface area (Å²) >= 11 is 0.586. The maximum absolute atomic E-state index is 11.6. The Morgan fingerprint density at radius 2 is 2.05 bits per heavy atom. The summed E-state index contributed by atoms with van der Waals surface area (Å²) in [5.41, 5.74) is 0.696. The quantitative estimate of drug-likeness (QED) is 0.363. The van der Waals surface area contributed by atoms with E-state index in [1.165, 1.54) is 6.42 Å². The van der Waals surface area contributed by atoms with Crippen molar-refractivity contribution in [3.8, 4) is 0 Å². The molecule has 0 aliphatic heterocycles. The van der Waals surface area contributed by atoms with E-state index in [-0.39, 0.29) is 16.8 Å². The minimum absolute atomic E-state index is 0.114. The molecule has 3 saturated carbocycles. The molecule has 0 spiro atoms. The fourth-order valence-electron chi connectivity index (χ4n) is 4.58. The monoisotopic (exact) mass is 456 g/mol. The number of rotatable bonds is 5. The topological polar surface area (TPSA) is 35.5 Å². The maximum atomic E-state index is 11.6. The van der Waals surface area contributed by atoms with Crippen LogP contribution >= 0.6 is 0 Å². The van der Waals surface area contributed by atoms with Gasteiger partial charge in [-0.05, 0) is 0 Å². The Morgan fingerprint density at radius 1 is 1.37 bits per heavy atom. The van der Waals surface area contributed by atoms with E-state index in [1.807, 2.05) is 6.92 Å². The molecule has 3 nitrogen and oxygen atoms in total. The Bertz CT molecular complexity index is 404. The summed E-state index contributed by atoms with van der Waals surface area (Å²) in [7, 11) is 0. The number of esters is 1. The van der Waals surface area contributed by atoms with Gasteiger partial charge in [0.1, 0.15) is 0 Å². The zero-order valence-electron chi connectivity index (χ0n) is 12.4. The van der Waals surface area contributed by atoms with Gasteiger partial charge >= 0.3 is 132 Å². The summed E-state index contributed by atoms with van der Waals surface area (Å²) in [6, 6.07) is 0. The van der Waals surface area contributed by atoms with Gasteiger partial charge in [-0.3, -0.25) is 0 Å². The molecular weight excluding hydrogens is 433 g/mol. The van der Waals surface area contributed by atoms with E-state index in [0.29, 0.717) is 44.2 Å². The molecule has 3 fully saturated rings. The van der Waals surface area contributed by atoms with Gasteiger partial charge in [0.25, 0.3) is 0 Å². The van der Waals surface area contributed by atoms with Crippen LogP contribution in [0.1, 0.15) is 40.5 Å². The Balaban J connectivity index is 2.23. The van der Waals surface area contributed by atoms with Crippen molar-refractivity contribution in [1.29, 1.82) is 0 Å². The Kier molecular flexibility index (Phi) is 4.18. The molecule has 0 saturated heterocycles. The van der Waals surface area contributed by atoms with Crippen LogP contribution in [0, 0.1) is 22.2 Å². The van der Waals surface area contributed by atoms with Crippen molar-refractivity contribution < 1.29 is 12.2 Å². The van der Waals surface area contributed by atoms with Crippen molar-refractivity contribution in [1.82, 2.24) is 0 Å². The van der Waals surface area contributed by atoms with Gasteiger partial charge in [-0.25, -0.2) is 0 Å². The van der Waals surface area contributed by atoms with E-state index >= 15 is 0 Å². The second-order valence-corrected chi connectivity index (χ2v) is 7.85. The van der Waals surface area contributed by atoms with Crippen molar-refractivity contribution in [3.05, 3.63) is 12.2 Å². The molecule has 3 rings (SSSR count). The van der Waals surface area contributed by atoms with Gasteiger partial charge in [-0.15, -0.1) is 0 Å². The molecule has 0 heterocycles. The van der Waals surface area contributed by atoms with Gasteiger partial charge in [0.05, 0.1) is 0 Å². The van der Waals surface area contributed by atoms with E-state index in [9.17, 15) is 4.79 Å². The summed E-state index contributed by atoms with van der Waals surface area (Å²) in [4.78, 5) is 11.6. The van der Waals surface area contributed by atoms with Crippen LogP contribution in [0.15, 0.2) is 12.2 Å². The first-order chi connectivity index (χ1) is 8.85. The average Bonchev–Trinajstić information content (AvgIpc) is 2.76. The molecule has 19 heavy (non-hydrogen) atoms. The van der Waals surface area contributed by atoms with Crippen LogP contribution in [-0.2, 0) is 12.2 Å². The minimum atomic E-state index is -0.222. The number of allylic oxidation sites excluding steroid dienone is 1. The van der Waals surface area contributed by atoms with E-state index < -0.39 is 0 Å². The fourth-order valence-corrected chi connectivity index (χ4v) is 5.33. The molecule has 0 aromatic heterocycles. The first-order valence-electron chi connectivity index (χ1n) is 7.03. The molecule has 0 radical (unpaired) electrons. The van der Waals surface area contributed by atoms with Crippen LogP contribution < -0.4 is 0 Å². The average molecular weight is 456 g/mol. The van der Waals surface area contributed by atoms with Gasteiger partial charge in [-0.1, -0.05) is 0 Å². The molecule has 0 N–H and O–H groups in total. The number of carbonyl (C=O) groups excluding carboxylic acids is 1. The molecule has 3 atom stereocenters. The zero-order valence-corrected chi connectivity index (χ0v) is 16.9. The first-order valence-corrected chi connectivity index (χ1v) is 8.86. The van der Waals surface area contributed by atoms with E-state index in [1.54, 1.807) is 6.08 Å². The number of hydrogen-bond acceptors (Lipinski definition) is 3. The first kappa shape index (κ1) is 15.5. The fraction of sp³-hybridized carbons (Fsp3) is 0.800. The van der Waals surface area contributed by atoms with Crippen molar-refractivity contribution >= 4 is 32.2 Å². The zero-order chi connectivity index (χ0) is 14.3. The van der Waals surface area contributed by atoms with Crippen molar-refractivity contribution in [2.45, 2.75) is 40.5 Å². The van der Waals surface area contributed by atoms with Crippen LogP contribution in [0.3, 0.4) is 0 Å². The third-order valence-electron chi connectivity index (χ3n) is 6.11. The molecule has 0 amide bonds. The van der Waals surface area contributed by atoms with Gasteiger partial charge < -0.3 is 0 Å². The standard InChI is InChI=1S/C15H23O3.Tl/c1-5-18-12(17)6-7-15-9-8-14(4,11(15)10-16)13(15,2)3;/h6-7,11H,5,8-10H2,1-4H3;/q-1;+1/b7-6+;/t11-,14-,15?;/m0./s1. The summed E-state index contributed by atoms with van der Waals surface area (Å²) in [5.74, 6) is 0.325. The second-order valence-electron chi connectivity index (χ2n) is 6.55. The Labute approximate surface area is 132 Å². The molecule has 104 valence electrons. The molecule has 0 aromatic carbocycles. The third-order valence-corrected chi connectivity index (χ3v) is 6.85. The van der Waals surface area contributed by atoms with E-state index in [2.05, 4.69) is 26.8 Å². The second kappa shape index (κ2) is 5.13.